The summed E-state index contributed by atoms with van der Waals surface area (Å²) in [4.78, 5) is 10.1. The van der Waals surface area contributed by atoms with Crippen LogP contribution in [0.25, 0.3) is 0 Å². The Morgan fingerprint density at radius 2 is 2.33 bits per heavy atom. The van der Waals surface area contributed by atoms with Crippen molar-refractivity contribution in [1.82, 2.24) is 0 Å². The van der Waals surface area contributed by atoms with Gasteiger partial charge in [-0.05, 0) is 19.9 Å². The number of nitrogens with zero attached hydrogens (tertiary/aromatic N) is 2. The van der Waals surface area contributed by atoms with Crippen molar-refractivity contribution < 1.29 is 4.79 Å². The van der Waals surface area contributed by atoms with Crippen molar-refractivity contribution in [3.63, 3.8) is 0 Å². The average Bonchev–Trinajstić information content (AvgIpc) is 2.10. The monoisotopic (exact) mass is 124 g/mol. The maximum atomic E-state index is 10.1. The zero-order valence-electron chi connectivity index (χ0n) is 5.46. The van der Waals surface area contributed by atoms with Gasteiger partial charge < -0.3 is 0 Å². The summed E-state index contributed by atoms with van der Waals surface area (Å²) in [6.07, 6.45) is 2.44. The molecule has 9 heavy (non-hydrogen) atoms. The van der Waals surface area contributed by atoms with Crippen molar-refractivity contribution in [3.05, 3.63) is 11.8 Å². The third-order valence-corrected chi connectivity index (χ3v) is 1.05. The van der Waals surface area contributed by atoms with Crippen LogP contribution in [0.4, 0.5) is 0 Å². The third kappa shape index (κ3) is 1.22. The highest BCUT2D eigenvalue weighted by atomic mass is 16.1. The number of carbonyl (C=O) groups excluding carboxylic acids is 1. The molecule has 0 aliphatic carbocycles. The van der Waals surface area contributed by atoms with Gasteiger partial charge in [0, 0.05) is 0 Å². The molecule has 0 unspecified atom stereocenters. The first-order valence-corrected chi connectivity index (χ1v) is 2.75. The Balaban J connectivity index is 2.86. The van der Waals surface area contributed by atoms with Gasteiger partial charge in [-0.25, -0.2) is 0 Å². The summed E-state index contributed by atoms with van der Waals surface area (Å²) in [6.45, 7) is 3.79. The van der Waals surface area contributed by atoms with Crippen LogP contribution >= 0.6 is 0 Å². The standard InChI is InChI=1S/C6H8N2O/c1-6(2)3-5(4-9)7-8-6/h3-4H,1-2H3. The zero-order valence-corrected chi connectivity index (χ0v) is 5.46. The quantitative estimate of drug-likeness (QED) is 0.486. The molecule has 0 atom stereocenters. The third-order valence-electron chi connectivity index (χ3n) is 1.05. The summed E-state index contributed by atoms with van der Waals surface area (Å²) in [5.41, 5.74) is 0.163. The highest BCUT2D eigenvalue weighted by Gasteiger charge is 2.19. The van der Waals surface area contributed by atoms with Crippen LogP contribution in [-0.4, -0.2) is 11.8 Å². The minimum atomic E-state index is -0.268. The fourth-order valence-corrected chi connectivity index (χ4v) is 0.664. The smallest absolute Gasteiger partial charge is 0.170 e. The van der Waals surface area contributed by atoms with Crippen molar-refractivity contribution in [2.24, 2.45) is 10.2 Å². The largest absolute Gasteiger partial charge is 0.296 e. The van der Waals surface area contributed by atoms with Gasteiger partial charge in [-0.3, -0.25) is 4.79 Å². The lowest BCUT2D eigenvalue weighted by molar-refractivity contribution is -0.104. The van der Waals surface area contributed by atoms with Crippen LogP contribution in [0.15, 0.2) is 22.0 Å². The van der Waals surface area contributed by atoms with Gasteiger partial charge in [-0.2, -0.15) is 10.2 Å². The molecular formula is C6H8N2O. The van der Waals surface area contributed by atoms with E-state index in [1.165, 1.54) is 0 Å². The molecule has 0 fully saturated rings. The predicted molar refractivity (Wildman–Crippen MR) is 33.1 cm³/mol. The summed E-state index contributed by atoms with van der Waals surface area (Å²) < 4.78 is 0. The number of azo groups is 1. The van der Waals surface area contributed by atoms with Gasteiger partial charge >= 0.3 is 0 Å². The molecule has 0 saturated heterocycles. The molecule has 0 aromatic rings. The van der Waals surface area contributed by atoms with Crippen LogP contribution in [0.3, 0.4) is 0 Å². The second kappa shape index (κ2) is 1.76. The maximum Gasteiger partial charge on any atom is 0.170 e. The van der Waals surface area contributed by atoms with Crippen LogP contribution in [0.1, 0.15) is 13.8 Å². The first kappa shape index (κ1) is 6.13. The van der Waals surface area contributed by atoms with Crippen LogP contribution in [0.5, 0.6) is 0 Å². The first-order chi connectivity index (χ1) is 4.14. The van der Waals surface area contributed by atoms with Crippen molar-refractivity contribution in [2.45, 2.75) is 19.4 Å². The van der Waals surface area contributed by atoms with E-state index in [4.69, 9.17) is 0 Å². The van der Waals surface area contributed by atoms with E-state index in [9.17, 15) is 4.79 Å². The number of hydrogen-bond acceptors (Lipinski definition) is 3. The molecule has 1 rings (SSSR count). The number of carbonyl (C=O) groups is 1. The molecule has 48 valence electrons. The zero-order chi connectivity index (χ0) is 6.91. The molecule has 0 aromatic heterocycles. The Bertz CT molecular complexity index is 191. The highest BCUT2D eigenvalue weighted by molar-refractivity contribution is 5.73. The average molecular weight is 124 g/mol. The van der Waals surface area contributed by atoms with Gasteiger partial charge in [-0.1, -0.05) is 0 Å². The molecule has 3 heteroatoms. The fraction of sp³-hybridized carbons (Fsp3) is 0.500. The lowest BCUT2D eigenvalue weighted by atomic mass is 10.1. The summed E-state index contributed by atoms with van der Waals surface area (Å²) in [6, 6.07) is 0. The molecule has 1 aliphatic heterocycles. The molecular weight excluding hydrogens is 116 g/mol. The minimum Gasteiger partial charge on any atom is -0.296 e. The molecule has 3 nitrogen and oxygen atoms in total. The predicted octanol–water partition coefficient (Wildman–Crippen LogP) is 1.31. The van der Waals surface area contributed by atoms with E-state index in [2.05, 4.69) is 10.2 Å². The first-order valence-electron chi connectivity index (χ1n) is 2.75. The molecule has 0 N–H and O–H groups in total. The lowest BCUT2D eigenvalue weighted by Crippen LogP contribution is -2.07. The summed E-state index contributed by atoms with van der Waals surface area (Å²) in [7, 11) is 0. The molecule has 1 aliphatic rings. The Kier molecular flexibility index (Phi) is 1.20. The Labute approximate surface area is 53.5 Å². The van der Waals surface area contributed by atoms with Gasteiger partial charge in [0.1, 0.15) is 5.70 Å². The van der Waals surface area contributed by atoms with Crippen molar-refractivity contribution in [3.8, 4) is 0 Å². The summed E-state index contributed by atoms with van der Waals surface area (Å²) >= 11 is 0. The SMILES string of the molecule is CC1(C)C=C(C=O)N=N1. The second-order valence-electron chi connectivity index (χ2n) is 2.54. The molecule has 0 bridgehead atoms. The number of rotatable bonds is 1. The van der Waals surface area contributed by atoms with E-state index in [-0.39, 0.29) is 5.54 Å². The van der Waals surface area contributed by atoms with Gasteiger partial charge in [0.2, 0.25) is 0 Å². The highest BCUT2D eigenvalue weighted by Crippen LogP contribution is 2.20. The number of aldehydes is 1. The second-order valence-corrected chi connectivity index (χ2v) is 2.54. The maximum absolute atomic E-state index is 10.1. The Hall–Kier alpha value is -0.990. The van der Waals surface area contributed by atoms with Crippen LogP contribution in [-0.2, 0) is 4.79 Å². The van der Waals surface area contributed by atoms with E-state index in [0.29, 0.717) is 12.0 Å². The molecule has 1 heterocycles. The number of allylic oxidation sites excluding steroid dienone is 1. The van der Waals surface area contributed by atoms with E-state index in [0.717, 1.165) is 0 Å². The number of hydrogen-bond donors (Lipinski definition) is 0. The van der Waals surface area contributed by atoms with Gasteiger partial charge in [0.15, 0.2) is 6.29 Å². The van der Waals surface area contributed by atoms with E-state index < -0.39 is 0 Å². The Morgan fingerprint density at radius 1 is 1.67 bits per heavy atom. The Morgan fingerprint density at radius 3 is 2.56 bits per heavy atom. The van der Waals surface area contributed by atoms with E-state index in [1.54, 1.807) is 6.08 Å². The molecule has 0 amide bonds. The van der Waals surface area contributed by atoms with Crippen LogP contribution in [0.2, 0.25) is 0 Å². The van der Waals surface area contributed by atoms with Gasteiger partial charge in [0.05, 0.1) is 5.54 Å². The molecule has 0 aromatic carbocycles. The van der Waals surface area contributed by atoms with Crippen LogP contribution < -0.4 is 0 Å². The van der Waals surface area contributed by atoms with E-state index in [1.807, 2.05) is 13.8 Å². The normalized spacial score (nSPS) is 21.8. The van der Waals surface area contributed by atoms with Crippen LogP contribution in [0, 0.1) is 0 Å². The van der Waals surface area contributed by atoms with E-state index >= 15 is 0 Å². The summed E-state index contributed by atoms with van der Waals surface area (Å²) in [5.74, 6) is 0. The van der Waals surface area contributed by atoms with Gasteiger partial charge in [0.25, 0.3) is 0 Å². The lowest BCUT2D eigenvalue weighted by Gasteiger charge is -2.04. The fourth-order valence-electron chi connectivity index (χ4n) is 0.664. The van der Waals surface area contributed by atoms with Crippen molar-refractivity contribution >= 4 is 6.29 Å². The van der Waals surface area contributed by atoms with Crippen molar-refractivity contribution in [2.75, 3.05) is 0 Å². The molecule has 0 radical (unpaired) electrons. The minimum absolute atomic E-state index is 0.268. The summed E-state index contributed by atoms with van der Waals surface area (Å²) in [5, 5.41) is 7.45. The molecule has 0 spiro atoms. The van der Waals surface area contributed by atoms with Crippen molar-refractivity contribution in [1.29, 1.82) is 0 Å². The van der Waals surface area contributed by atoms with Gasteiger partial charge in [-0.15, -0.1) is 0 Å². The molecule has 0 saturated carbocycles. The topological polar surface area (TPSA) is 41.8 Å².